The lowest BCUT2D eigenvalue weighted by Gasteiger charge is -2.16. The number of nitrogens with one attached hydrogen (secondary N) is 1. The molecule has 3 rings (SSSR count). The zero-order valence-corrected chi connectivity index (χ0v) is 13.1. The molecule has 0 radical (unpaired) electrons. The Hall–Kier alpha value is -3.15. The molecule has 0 saturated heterocycles. The van der Waals surface area contributed by atoms with Crippen LogP contribution in [0.5, 0.6) is 0 Å². The highest BCUT2D eigenvalue weighted by molar-refractivity contribution is 5.86. The van der Waals surface area contributed by atoms with Crippen LogP contribution in [0.2, 0.25) is 0 Å². The molecule has 116 valence electrons. The van der Waals surface area contributed by atoms with E-state index < -0.39 is 0 Å². The molecule has 0 aliphatic heterocycles. The van der Waals surface area contributed by atoms with Crippen molar-refractivity contribution in [1.29, 1.82) is 0 Å². The Bertz CT molecular complexity index is 820. The van der Waals surface area contributed by atoms with E-state index in [1.54, 1.807) is 0 Å². The predicted molar refractivity (Wildman–Crippen MR) is 93.4 cm³/mol. The molecule has 0 fully saturated rings. The molecule has 0 bridgehead atoms. The monoisotopic (exact) mass is 306 g/mol. The minimum atomic E-state index is 0.397. The van der Waals surface area contributed by atoms with Gasteiger partial charge in [0.25, 0.3) is 0 Å². The van der Waals surface area contributed by atoms with Crippen LogP contribution in [0.25, 0.3) is 11.3 Å². The number of rotatable bonds is 4. The van der Waals surface area contributed by atoms with Crippen molar-refractivity contribution < 1.29 is 0 Å². The van der Waals surface area contributed by atoms with Crippen molar-refractivity contribution in [3.05, 3.63) is 54.6 Å². The summed E-state index contributed by atoms with van der Waals surface area (Å²) < 4.78 is 0. The number of H-pyrrole nitrogens is 1. The topological polar surface area (TPSA) is 82.7 Å². The van der Waals surface area contributed by atoms with Gasteiger partial charge in [-0.25, -0.2) is 0 Å². The quantitative estimate of drug-likeness (QED) is 0.711. The second kappa shape index (κ2) is 6.31. The van der Waals surface area contributed by atoms with Gasteiger partial charge in [-0.3, -0.25) is 5.10 Å². The van der Waals surface area contributed by atoms with E-state index in [-0.39, 0.29) is 0 Å². The van der Waals surface area contributed by atoms with E-state index in [2.05, 4.69) is 20.4 Å². The Morgan fingerprint density at radius 3 is 2.39 bits per heavy atom. The van der Waals surface area contributed by atoms with Crippen molar-refractivity contribution in [2.45, 2.75) is 0 Å². The summed E-state index contributed by atoms with van der Waals surface area (Å²) in [7, 11) is 3.97. The Balaban J connectivity index is 2.05. The van der Waals surface area contributed by atoms with Crippen molar-refractivity contribution in [2.75, 3.05) is 24.7 Å². The average Bonchev–Trinajstić information content (AvgIpc) is 2.94. The van der Waals surface area contributed by atoms with Gasteiger partial charge >= 0.3 is 0 Å². The summed E-state index contributed by atoms with van der Waals surface area (Å²) >= 11 is 0. The van der Waals surface area contributed by atoms with E-state index >= 15 is 0 Å². The van der Waals surface area contributed by atoms with Gasteiger partial charge in [0.2, 0.25) is 0 Å². The van der Waals surface area contributed by atoms with Crippen LogP contribution in [-0.2, 0) is 0 Å². The molecule has 1 aromatic heterocycles. The molecular formula is C17H18N6. The highest BCUT2D eigenvalue weighted by atomic mass is 15.2. The molecule has 0 spiro atoms. The number of hydrogen-bond donors (Lipinski definition) is 2. The summed E-state index contributed by atoms with van der Waals surface area (Å²) in [4.78, 5) is 2.03. The van der Waals surface area contributed by atoms with Gasteiger partial charge in [0.1, 0.15) is 11.5 Å². The largest absolute Gasteiger partial charge is 0.382 e. The van der Waals surface area contributed by atoms with Gasteiger partial charge in [-0.05, 0) is 18.2 Å². The van der Waals surface area contributed by atoms with Gasteiger partial charge in [0.15, 0.2) is 5.69 Å². The summed E-state index contributed by atoms with van der Waals surface area (Å²) in [6.45, 7) is 0. The number of nitrogens with two attached hydrogens (primary N) is 1. The maximum absolute atomic E-state index is 5.98. The summed E-state index contributed by atoms with van der Waals surface area (Å²) in [6.07, 6.45) is 0. The number of benzene rings is 2. The van der Waals surface area contributed by atoms with E-state index in [0.717, 1.165) is 16.9 Å². The van der Waals surface area contributed by atoms with Crippen LogP contribution in [0.15, 0.2) is 64.8 Å². The SMILES string of the molecule is CN(C)c1ccccc1-c1n[nH]c(N)c1/N=N/c1ccccc1. The smallest absolute Gasteiger partial charge is 0.155 e. The molecule has 23 heavy (non-hydrogen) atoms. The standard InChI is InChI=1S/C17H18N6/c1-23(2)14-11-7-6-10-13(14)15-16(17(18)22-20-15)21-19-12-8-4-3-5-9-12/h3-11H,1-2H3,(H3,18,20,22)/b21-19+. The minimum absolute atomic E-state index is 0.397. The van der Waals surface area contributed by atoms with Crippen molar-refractivity contribution in [2.24, 2.45) is 10.2 Å². The first-order valence-corrected chi connectivity index (χ1v) is 7.24. The number of nitrogens with zero attached hydrogens (tertiary/aromatic N) is 4. The predicted octanol–water partition coefficient (Wildman–Crippen LogP) is 4.14. The van der Waals surface area contributed by atoms with Crippen LogP contribution >= 0.6 is 0 Å². The second-order valence-electron chi connectivity index (χ2n) is 5.28. The molecule has 0 saturated carbocycles. The summed E-state index contributed by atoms with van der Waals surface area (Å²) in [5, 5.41) is 15.6. The molecule has 0 unspecified atom stereocenters. The fourth-order valence-electron chi connectivity index (χ4n) is 2.30. The lowest BCUT2D eigenvalue weighted by molar-refractivity contribution is 1.09. The number of nitrogen functional groups attached to an aromatic ring is 1. The summed E-state index contributed by atoms with van der Waals surface area (Å²) in [6, 6.07) is 17.5. The molecule has 0 amide bonds. The molecule has 1 heterocycles. The van der Waals surface area contributed by atoms with E-state index in [0.29, 0.717) is 17.2 Å². The summed E-state index contributed by atoms with van der Waals surface area (Å²) in [5.41, 5.74) is 9.97. The van der Waals surface area contributed by atoms with Gasteiger partial charge < -0.3 is 10.6 Å². The molecule has 3 N–H and O–H groups in total. The van der Waals surface area contributed by atoms with Crippen LogP contribution in [0, 0.1) is 0 Å². The van der Waals surface area contributed by atoms with Crippen LogP contribution in [0.3, 0.4) is 0 Å². The van der Waals surface area contributed by atoms with Gasteiger partial charge in [-0.1, -0.05) is 36.4 Å². The van der Waals surface area contributed by atoms with E-state index in [1.807, 2.05) is 73.6 Å². The van der Waals surface area contributed by atoms with Crippen LogP contribution in [-0.4, -0.2) is 24.3 Å². The number of azo groups is 1. The normalized spacial score (nSPS) is 11.0. The molecule has 6 heteroatoms. The fraction of sp³-hybridized carbons (Fsp3) is 0.118. The average molecular weight is 306 g/mol. The zero-order valence-electron chi connectivity index (χ0n) is 13.1. The van der Waals surface area contributed by atoms with Gasteiger partial charge in [0.05, 0.1) is 5.69 Å². The lowest BCUT2D eigenvalue weighted by Crippen LogP contribution is -2.09. The van der Waals surface area contributed by atoms with Crippen molar-refractivity contribution >= 4 is 22.9 Å². The molecule has 2 aromatic carbocycles. The zero-order chi connectivity index (χ0) is 16.2. The molecule has 0 aliphatic carbocycles. The Morgan fingerprint density at radius 1 is 0.957 bits per heavy atom. The second-order valence-corrected chi connectivity index (χ2v) is 5.28. The number of aromatic amines is 1. The fourth-order valence-corrected chi connectivity index (χ4v) is 2.30. The van der Waals surface area contributed by atoms with E-state index in [9.17, 15) is 0 Å². The lowest BCUT2D eigenvalue weighted by atomic mass is 10.1. The molecule has 3 aromatic rings. The third-order valence-electron chi connectivity index (χ3n) is 3.43. The van der Waals surface area contributed by atoms with E-state index in [4.69, 9.17) is 5.73 Å². The van der Waals surface area contributed by atoms with Crippen LogP contribution in [0.4, 0.5) is 22.9 Å². The minimum Gasteiger partial charge on any atom is -0.382 e. The first-order valence-electron chi connectivity index (χ1n) is 7.24. The molecular weight excluding hydrogens is 288 g/mol. The first-order chi connectivity index (χ1) is 11.2. The van der Waals surface area contributed by atoms with Gasteiger partial charge in [-0.2, -0.15) is 10.2 Å². The molecule has 0 atom stereocenters. The van der Waals surface area contributed by atoms with Gasteiger partial charge in [0, 0.05) is 25.3 Å². The number of para-hydroxylation sites is 1. The Labute approximate surface area is 134 Å². The van der Waals surface area contributed by atoms with Crippen LogP contribution in [0.1, 0.15) is 0 Å². The molecule has 0 aliphatic rings. The Kier molecular flexibility index (Phi) is 4.05. The number of hydrogen-bond acceptors (Lipinski definition) is 5. The maximum atomic E-state index is 5.98. The Morgan fingerprint density at radius 2 is 1.65 bits per heavy atom. The highest BCUT2D eigenvalue weighted by Crippen LogP contribution is 2.38. The highest BCUT2D eigenvalue weighted by Gasteiger charge is 2.16. The van der Waals surface area contributed by atoms with Gasteiger partial charge in [-0.15, -0.1) is 5.11 Å². The third-order valence-corrected chi connectivity index (χ3v) is 3.43. The maximum Gasteiger partial charge on any atom is 0.155 e. The number of aromatic nitrogens is 2. The third kappa shape index (κ3) is 3.06. The summed E-state index contributed by atoms with van der Waals surface area (Å²) in [5.74, 6) is 0.397. The van der Waals surface area contributed by atoms with Crippen molar-refractivity contribution in [1.82, 2.24) is 10.2 Å². The van der Waals surface area contributed by atoms with Crippen molar-refractivity contribution in [3.8, 4) is 11.3 Å². The number of anilines is 2. The van der Waals surface area contributed by atoms with Crippen LogP contribution < -0.4 is 10.6 Å². The van der Waals surface area contributed by atoms with Crippen molar-refractivity contribution in [3.63, 3.8) is 0 Å². The first kappa shape index (κ1) is 14.8. The van der Waals surface area contributed by atoms with E-state index in [1.165, 1.54) is 0 Å². The molecule has 6 nitrogen and oxygen atoms in total.